The van der Waals surface area contributed by atoms with Crippen LogP contribution in [-0.4, -0.2) is 16.1 Å². The van der Waals surface area contributed by atoms with Crippen LogP contribution < -0.4 is 5.32 Å². The van der Waals surface area contributed by atoms with Crippen molar-refractivity contribution < 1.29 is 15.0 Å². The van der Waals surface area contributed by atoms with Crippen LogP contribution in [0.15, 0.2) is 30.3 Å². The Morgan fingerprint density at radius 3 is 2.50 bits per heavy atom. The van der Waals surface area contributed by atoms with E-state index in [0.717, 1.165) is 0 Å². The largest absolute Gasteiger partial charge is 0.507 e. The average molecular weight is 424 g/mol. The van der Waals surface area contributed by atoms with Crippen molar-refractivity contribution in [1.82, 2.24) is 0 Å². The lowest BCUT2D eigenvalue weighted by molar-refractivity contribution is 0.102. The number of amides is 1. The first-order valence-corrected chi connectivity index (χ1v) is 7.20. The standard InChI is InChI=1S/C13H8Cl2INO3/c14-7-4-8(15)12(19)10(5-7)17-13(20)6-1-2-9(16)11(18)3-6/h1-5,18-19H,(H,17,20). The fourth-order valence-corrected chi connectivity index (χ4v) is 2.34. The van der Waals surface area contributed by atoms with Crippen molar-refractivity contribution in [2.45, 2.75) is 0 Å². The minimum absolute atomic E-state index is 0.00611. The molecule has 0 radical (unpaired) electrons. The first kappa shape index (κ1) is 15.2. The fraction of sp³-hybridized carbons (Fsp3) is 0. The van der Waals surface area contributed by atoms with Gasteiger partial charge in [0.1, 0.15) is 5.75 Å². The molecule has 2 rings (SSSR count). The first-order chi connectivity index (χ1) is 9.38. The maximum absolute atomic E-state index is 12.0. The van der Waals surface area contributed by atoms with Gasteiger partial charge in [-0.2, -0.15) is 0 Å². The lowest BCUT2D eigenvalue weighted by Gasteiger charge is -2.09. The second kappa shape index (κ2) is 6.07. The minimum Gasteiger partial charge on any atom is -0.507 e. The summed E-state index contributed by atoms with van der Waals surface area (Å²) in [5.74, 6) is -0.754. The third-order valence-corrected chi connectivity index (χ3v) is 3.90. The Kier molecular flexibility index (Phi) is 4.62. The lowest BCUT2D eigenvalue weighted by atomic mass is 10.2. The summed E-state index contributed by atoms with van der Waals surface area (Å²) in [6.07, 6.45) is 0. The van der Waals surface area contributed by atoms with Crippen LogP contribution in [0.4, 0.5) is 5.69 Å². The predicted octanol–water partition coefficient (Wildman–Crippen LogP) is 4.26. The van der Waals surface area contributed by atoms with Gasteiger partial charge in [-0.05, 0) is 52.9 Å². The number of hydrogen-bond donors (Lipinski definition) is 3. The summed E-state index contributed by atoms with van der Waals surface area (Å²) in [6.45, 7) is 0. The van der Waals surface area contributed by atoms with E-state index in [4.69, 9.17) is 23.2 Å². The summed E-state index contributed by atoms with van der Waals surface area (Å²) >= 11 is 13.5. The smallest absolute Gasteiger partial charge is 0.255 e. The molecule has 0 saturated heterocycles. The highest BCUT2D eigenvalue weighted by atomic mass is 127. The molecule has 0 fully saturated rings. The SMILES string of the molecule is O=C(Nc1cc(Cl)cc(Cl)c1O)c1ccc(I)c(O)c1. The molecule has 2 aromatic rings. The quantitative estimate of drug-likeness (QED) is 0.499. The highest BCUT2D eigenvalue weighted by Crippen LogP contribution is 2.35. The second-order valence-corrected chi connectivity index (χ2v) is 5.91. The van der Waals surface area contributed by atoms with E-state index in [-0.39, 0.29) is 32.8 Å². The number of halogens is 3. The van der Waals surface area contributed by atoms with Gasteiger partial charge < -0.3 is 15.5 Å². The van der Waals surface area contributed by atoms with E-state index in [1.54, 1.807) is 12.1 Å². The predicted molar refractivity (Wildman–Crippen MR) is 86.9 cm³/mol. The molecule has 0 atom stereocenters. The van der Waals surface area contributed by atoms with Crippen molar-refractivity contribution in [1.29, 1.82) is 0 Å². The number of carbonyl (C=O) groups excluding carboxylic acids is 1. The highest BCUT2D eigenvalue weighted by molar-refractivity contribution is 14.1. The van der Waals surface area contributed by atoms with Crippen molar-refractivity contribution in [3.05, 3.63) is 49.5 Å². The molecule has 7 heteroatoms. The first-order valence-electron chi connectivity index (χ1n) is 5.36. The van der Waals surface area contributed by atoms with Crippen LogP contribution in [-0.2, 0) is 0 Å². The Bertz CT molecular complexity index is 692. The molecule has 4 nitrogen and oxygen atoms in total. The van der Waals surface area contributed by atoms with Crippen LogP contribution in [0, 0.1) is 3.57 Å². The topological polar surface area (TPSA) is 69.6 Å². The third-order valence-electron chi connectivity index (χ3n) is 2.48. The molecule has 0 unspecified atom stereocenters. The van der Waals surface area contributed by atoms with Crippen molar-refractivity contribution in [3.8, 4) is 11.5 Å². The summed E-state index contributed by atoms with van der Waals surface area (Å²) in [6, 6.07) is 7.24. The molecule has 0 heterocycles. The number of phenols is 2. The highest BCUT2D eigenvalue weighted by Gasteiger charge is 2.13. The number of aromatic hydroxyl groups is 2. The van der Waals surface area contributed by atoms with Crippen LogP contribution in [0.1, 0.15) is 10.4 Å². The van der Waals surface area contributed by atoms with Crippen LogP contribution in [0.2, 0.25) is 10.0 Å². The van der Waals surface area contributed by atoms with E-state index in [0.29, 0.717) is 3.57 Å². The summed E-state index contributed by atoms with van der Waals surface area (Å²) in [5.41, 5.74) is 0.351. The number of anilines is 1. The van der Waals surface area contributed by atoms with Crippen molar-refractivity contribution in [2.24, 2.45) is 0 Å². The minimum atomic E-state index is -0.495. The van der Waals surface area contributed by atoms with Gasteiger partial charge in [-0.25, -0.2) is 0 Å². The molecule has 2 aromatic carbocycles. The molecule has 0 aliphatic heterocycles. The molecular weight excluding hydrogens is 416 g/mol. The number of rotatable bonds is 2. The van der Waals surface area contributed by atoms with Crippen LogP contribution in [0.5, 0.6) is 11.5 Å². The van der Waals surface area contributed by atoms with Gasteiger partial charge in [-0.3, -0.25) is 4.79 Å². The zero-order chi connectivity index (χ0) is 14.9. The molecule has 0 aromatic heterocycles. The van der Waals surface area contributed by atoms with E-state index in [1.807, 2.05) is 22.6 Å². The van der Waals surface area contributed by atoms with Gasteiger partial charge in [0.05, 0.1) is 14.3 Å². The van der Waals surface area contributed by atoms with Gasteiger partial charge in [0.25, 0.3) is 5.91 Å². The van der Waals surface area contributed by atoms with Gasteiger partial charge in [-0.1, -0.05) is 23.2 Å². The zero-order valence-corrected chi connectivity index (χ0v) is 13.5. The normalized spacial score (nSPS) is 10.3. The number of carbonyl (C=O) groups is 1. The molecule has 1 amide bonds. The molecule has 3 N–H and O–H groups in total. The number of nitrogens with one attached hydrogen (secondary N) is 1. The molecule has 0 bridgehead atoms. The van der Waals surface area contributed by atoms with Gasteiger partial charge in [0.2, 0.25) is 0 Å². The van der Waals surface area contributed by atoms with E-state index in [9.17, 15) is 15.0 Å². The summed E-state index contributed by atoms with van der Waals surface area (Å²) in [4.78, 5) is 12.0. The number of phenolic OH excluding ortho intramolecular Hbond substituents is 2. The molecule has 20 heavy (non-hydrogen) atoms. The van der Waals surface area contributed by atoms with E-state index >= 15 is 0 Å². The zero-order valence-electron chi connectivity index (χ0n) is 9.82. The Balaban J connectivity index is 2.30. The van der Waals surface area contributed by atoms with Crippen molar-refractivity contribution in [3.63, 3.8) is 0 Å². The average Bonchev–Trinajstić information content (AvgIpc) is 2.38. The number of hydrogen-bond acceptors (Lipinski definition) is 3. The fourth-order valence-electron chi connectivity index (χ4n) is 1.51. The molecule has 0 saturated carbocycles. The Labute approximate surface area is 138 Å². The van der Waals surface area contributed by atoms with E-state index in [1.165, 1.54) is 18.2 Å². The van der Waals surface area contributed by atoms with Crippen LogP contribution in [0.3, 0.4) is 0 Å². The van der Waals surface area contributed by atoms with E-state index in [2.05, 4.69) is 5.32 Å². The monoisotopic (exact) mass is 423 g/mol. The summed E-state index contributed by atoms with van der Waals surface area (Å²) in [5, 5.41) is 22.1. The Hall–Kier alpha value is -1.18. The maximum Gasteiger partial charge on any atom is 0.255 e. The third kappa shape index (κ3) is 3.28. The number of benzene rings is 2. The van der Waals surface area contributed by atoms with Crippen molar-refractivity contribution >= 4 is 57.4 Å². The summed E-state index contributed by atoms with van der Waals surface area (Å²) < 4.78 is 0.632. The van der Waals surface area contributed by atoms with Crippen molar-refractivity contribution in [2.75, 3.05) is 5.32 Å². The Morgan fingerprint density at radius 1 is 1.15 bits per heavy atom. The van der Waals surface area contributed by atoms with Gasteiger partial charge in [0, 0.05) is 10.6 Å². The van der Waals surface area contributed by atoms with Crippen LogP contribution in [0.25, 0.3) is 0 Å². The van der Waals surface area contributed by atoms with Crippen LogP contribution >= 0.6 is 45.8 Å². The van der Waals surface area contributed by atoms with Gasteiger partial charge in [0.15, 0.2) is 5.75 Å². The Morgan fingerprint density at radius 2 is 1.85 bits per heavy atom. The molecule has 0 spiro atoms. The maximum atomic E-state index is 12.0. The molecule has 0 aliphatic carbocycles. The lowest BCUT2D eigenvalue weighted by Crippen LogP contribution is -2.12. The van der Waals surface area contributed by atoms with Gasteiger partial charge in [-0.15, -0.1) is 0 Å². The summed E-state index contributed by atoms with van der Waals surface area (Å²) in [7, 11) is 0. The molecular formula is C13H8Cl2INO3. The molecule has 0 aliphatic rings. The van der Waals surface area contributed by atoms with Gasteiger partial charge >= 0.3 is 0 Å². The van der Waals surface area contributed by atoms with E-state index < -0.39 is 5.91 Å². The molecule has 104 valence electrons. The second-order valence-electron chi connectivity index (χ2n) is 3.90.